The van der Waals surface area contributed by atoms with Crippen LogP contribution in [0.15, 0.2) is 16.7 Å². The Balaban J connectivity index is 2.28. The van der Waals surface area contributed by atoms with E-state index in [1.165, 1.54) is 0 Å². The van der Waals surface area contributed by atoms with Crippen molar-refractivity contribution in [2.24, 2.45) is 11.8 Å². The van der Waals surface area contributed by atoms with Crippen molar-refractivity contribution in [1.82, 2.24) is 4.98 Å². The van der Waals surface area contributed by atoms with Crippen LogP contribution in [-0.4, -0.2) is 17.3 Å². The molecule has 0 spiro atoms. The van der Waals surface area contributed by atoms with Crippen molar-refractivity contribution in [3.8, 4) is 6.07 Å². The molecular formula is C20H27N3O2. The minimum atomic E-state index is 0.0414. The zero-order chi connectivity index (χ0) is 18.4. The Hall–Kier alpha value is -2.35. The normalized spacial score (nSPS) is 14.7. The maximum Gasteiger partial charge on any atom is 0.215 e. The number of furan rings is 1. The Bertz CT molecular complexity index is 748. The van der Waals surface area contributed by atoms with Gasteiger partial charge in [-0.05, 0) is 30.7 Å². The predicted molar refractivity (Wildman–Crippen MR) is 99.7 cm³/mol. The monoisotopic (exact) mass is 341 g/mol. The topological polar surface area (TPSA) is 78.9 Å². The quantitative estimate of drug-likeness (QED) is 0.637. The SMILES string of the molecule is CCC(C)CC(CC(C)CC)Nc1cc2c(C=O)c(C#N)oc2cn1. The van der Waals surface area contributed by atoms with Gasteiger partial charge in [0.05, 0.1) is 11.8 Å². The molecule has 0 aliphatic carbocycles. The smallest absolute Gasteiger partial charge is 0.215 e. The highest BCUT2D eigenvalue weighted by Crippen LogP contribution is 2.27. The number of hydrogen-bond donors (Lipinski definition) is 1. The summed E-state index contributed by atoms with van der Waals surface area (Å²) in [6.45, 7) is 8.95. The minimum Gasteiger partial charge on any atom is -0.443 e. The van der Waals surface area contributed by atoms with E-state index in [1.807, 2.05) is 12.1 Å². The number of aromatic nitrogens is 1. The first-order chi connectivity index (χ1) is 12.0. The summed E-state index contributed by atoms with van der Waals surface area (Å²) in [7, 11) is 0. The highest BCUT2D eigenvalue weighted by molar-refractivity contribution is 5.99. The van der Waals surface area contributed by atoms with Crippen LogP contribution < -0.4 is 5.32 Å². The molecule has 0 aliphatic rings. The molecule has 0 fully saturated rings. The predicted octanol–water partition coefficient (Wildman–Crippen LogP) is 5.16. The molecule has 2 aromatic heterocycles. The summed E-state index contributed by atoms with van der Waals surface area (Å²) in [5.74, 6) is 2.03. The Morgan fingerprint density at radius 1 is 1.28 bits per heavy atom. The third kappa shape index (κ3) is 4.60. The summed E-state index contributed by atoms with van der Waals surface area (Å²) in [4.78, 5) is 15.7. The highest BCUT2D eigenvalue weighted by Gasteiger charge is 2.18. The van der Waals surface area contributed by atoms with Gasteiger partial charge >= 0.3 is 0 Å². The van der Waals surface area contributed by atoms with Gasteiger partial charge in [0.2, 0.25) is 5.76 Å². The van der Waals surface area contributed by atoms with Crippen molar-refractivity contribution in [2.45, 2.75) is 59.4 Å². The maximum atomic E-state index is 11.3. The van der Waals surface area contributed by atoms with Crippen molar-refractivity contribution in [2.75, 3.05) is 5.32 Å². The zero-order valence-electron chi connectivity index (χ0n) is 15.5. The van der Waals surface area contributed by atoms with E-state index in [0.29, 0.717) is 40.7 Å². The van der Waals surface area contributed by atoms with E-state index >= 15 is 0 Å². The molecule has 0 radical (unpaired) electrons. The molecule has 5 heteroatoms. The Morgan fingerprint density at radius 2 is 1.92 bits per heavy atom. The molecule has 2 heterocycles. The molecule has 0 aromatic carbocycles. The van der Waals surface area contributed by atoms with Crippen molar-refractivity contribution in [1.29, 1.82) is 5.26 Å². The van der Waals surface area contributed by atoms with Crippen molar-refractivity contribution in [3.63, 3.8) is 0 Å². The molecule has 0 amide bonds. The van der Waals surface area contributed by atoms with Crippen LogP contribution in [0.3, 0.4) is 0 Å². The first-order valence-electron chi connectivity index (χ1n) is 9.06. The lowest BCUT2D eigenvalue weighted by molar-refractivity contribution is 0.112. The molecule has 0 saturated carbocycles. The number of pyridine rings is 1. The molecule has 25 heavy (non-hydrogen) atoms. The Morgan fingerprint density at radius 3 is 2.44 bits per heavy atom. The van der Waals surface area contributed by atoms with Crippen molar-refractivity contribution in [3.05, 3.63) is 23.6 Å². The molecule has 0 saturated heterocycles. The van der Waals surface area contributed by atoms with Gasteiger partial charge in [-0.25, -0.2) is 4.98 Å². The lowest BCUT2D eigenvalue weighted by Gasteiger charge is -2.25. The second kappa shape index (κ2) is 8.66. The lowest BCUT2D eigenvalue weighted by Crippen LogP contribution is -2.25. The van der Waals surface area contributed by atoms with E-state index in [1.54, 1.807) is 6.20 Å². The molecule has 2 rings (SSSR count). The van der Waals surface area contributed by atoms with E-state index in [0.717, 1.165) is 31.5 Å². The van der Waals surface area contributed by atoms with Gasteiger partial charge < -0.3 is 9.73 Å². The van der Waals surface area contributed by atoms with Gasteiger partial charge in [0.1, 0.15) is 11.9 Å². The summed E-state index contributed by atoms with van der Waals surface area (Å²) in [5.41, 5.74) is 0.757. The largest absolute Gasteiger partial charge is 0.443 e. The standard InChI is InChI=1S/C20H27N3O2/c1-5-13(3)7-15(8-14(4)6-2)23-20-9-16-17(12-24)18(10-21)25-19(16)11-22-20/h9,11-15H,5-8H2,1-4H3,(H,22,23). The van der Waals surface area contributed by atoms with Crippen LogP contribution in [0.5, 0.6) is 0 Å². The summed E-state index contributed by atoms with van der Waals surface area (Å²) in [6, 6.07) is 4.06. The molecule has 134 valence electrons. The van der Waals surface area contributed by atoms with E-state index in [-0.39, 0.29) is 5.76 Å². The Labute approximate surface area is 149 Å². The number of anilines is 1. The molecule has 2 unspecified atom stereocenters. The van der Waals surface area contributed by atoms with Gasteiger partial charge in [-0.3, -0.25) is 4.79 Å². The fourth-order valence-corrected chi connectivity index (χ4v) is 3.03. The van der Waals surface area contributed by atoms with Crippen LogP contribution >= 0.6 is 0 Å². The third-order valence-corrected chi connectivity index (χ3v) is 4.95. The summed E-state index contributed by atoms with van der Waals surface area (Å²) < 4.78 is 5.38. The first-order valence-corrected chi connectivity index (χ1v) is 9.06. The molecule has 0 bridgehead atoms. The minimum absolute atomic E-state index is 0.0414. The Kier molecular flexibility index (Phi) is 6.58. The van der Waals surface area contributed by atoms with Crippen molar-refractivity contribution < 1.29 is 9.21 Å². The van der Waals surface area contributed by atoms with E-state index < -0.39 is 0 Å². The summed E-state index contributed by atoms with van der Waals surface area (Å²) in [6.07, 6.45) is 6.70. The molecule has 1 N–H and O–H groups in total. The number of hydrogen-bond acceptors (Lipinski definition) is 5. The molecular weight excluding hydrogens is 314 g/mol. The van der Waals surface area contributed by atoms with Gasteiger partial charge in [0.25, 0.3) is 0 Å². The van der Waals surface area contributed by atoms with Gasteiger partial charge in [0, 0.05) is 11.4 Å². The second-order valence-corrected chi connectivity index (χ2v) is 6.98. The van der Waals surface area contributed by atoms with E-state index in [4.69, 9.17) is 9.68 Å². The van der Waals surface area contributed by atoms with Crippen LogP contribution in [0.25, 0.3) is 11.0 Å². The second-order valence-electron chi connectivity index (χ2n) is 6.98. The molecule has 2 aromatic rings. The van der Waals surface area contributed by atoms with E-state index in [9.17, 15) is 4.79 Å². The summed E-state index contributed by atoms with van der Waals surface area (Å²) >= 11 is 0. The summed E-state index contributed by atoms with van der Waals surface area (Å²) in [5, 5.41) is 13.2. The number of nitriles is 1. The van der Waals surface area contributed by atoms with Gasteiger partial charge in [-0.2, -0.15) is 5.26 Å². The average molecular weight is 341 g/mol. The number of rotatable bonds is 9. The fraction of sp³-hybridized carbons (Fsp3) is 0.550. The molecule has 5 nitrogen and oxygen atoms in total. The molecule has 2 atom stereocenters. The van der Waals surface area contributed by atoms with Crippen LogP contribution in [-0.2, 0) is 0 Å². The number of fused-ring (bicyclic) bond motifs is 1. The fourth-order valence-electron chi connectivity index (χ4n) is 3.03. The number of aldehydes is 1. The van der Waals surface area contributed by atoms with Crippen molar-refractivity contribution >= 4 is 23.1 Å². The third-order valence-electron chi connectivity index (χ3n) is 4.95. The van der Waals surface area contributed by atoms with Crippen LogP contribution in [0.2, 0.25) is 0 Å². The number of nitrogens with zero attached hydrogens (tertiary/aromatic N) is 2. The lowest BCUT2D eigenvalue weighted by atomic mass is 9.91. The highest BCUT2D eigenvalue weighted by atomic mass is 16.3. The number of carbonyl (C=O) groups is 1. The van der Waals surface area contributed by atoms with Crippen LogP contribution in [0, 0.1) is 23.2 Å². The molecule has 0 aliphatic heterocycles. The maximum absolute atomic E-state index is 11.3. The van der Waals surface area contributed by atoms with Crippen LogP contribution in [0.4, 0.5) is 5.82 Å². The first kappa shape index (κ1) is 19.0. The number of nitrogens with one attached hydrogen (secondary N) is 1. The van der Waals surface area contributed by atoms with E-state index in [2.05, 4.69) is 38.0 Å². The average Bonchev–Trinajstić information content (AvgIpc) is 2.98. The zero-order valence-corrected chi connectivity index (χ0v) is 15.5. The van der Waals surface area contributed by atoms with Gasteiger partial charge in [0.15, 0.2) is 11.9 Å². The van der Waals surface area contributed by atoms with Gasteiger partial charge in [-0.1, -0.05) is 40.5 Å². The van der Waals surface area contributed by atoms with Crippen LogP contribution in [0.1, 0.15) is 69.5 Å². The number of carbonyl (C=O) groups excluding carboxylic acids is 1. The van der Waals surface area contributed by atoms with Gasteiger partial charge in [-0.15, -0.1) is 0 Å².